The molecule has 3 aromatic rings. The summed E-state index contributed by atoms with van der Waals surface area (Å²) in [5.74, 6) is 0.768. The summed E-state index contributed by atoms with van der Waals surface area (Å²) in [4.78, 5) is 4.57. The number of alkyl halides is 3. The van der Waals surface area contributed by atoms with Crippen LogP contribution < -0.4 is 4.74 Å². The van der Waals surface area contributed by atoms with E-state index >= 15 is 0 Å². The number of fused-ring (bicyclic) bond motifs is 1. The Morgan fingerprint density at radius 1 is 1.10 bits per heavy atom. The van der Waals surface area contributed by atoms with Gasteiger partial charge in [0.25, 0.3) is 0 Å². The van der Waals surface area contributed by atoms with Crippen LogP contribution in [0.2, 0.25) is 0 Å². The lowest BCUT2D eigenvalue weighted by Gasteiger charge is -2.14. The van der Waals surface area contributed by atoms with E-state index in [0.717, 1.165) is 41.8 Å². The molecule has 7 heteroatoms. The van der Waals surface area contributed by atoms with Crippen molar-refractivity contribution in [3.63, 3.8) is 0 Å². The highest BCUT2D eigenvalue weighted by molar-refractivity contribution is 6.17. The summed E-state index contributed by atoms with van der Waals surface area (Å²) in [6.07, 6.45) is -2.58. The molecule has 2 heterocycles. The molecule has 4 rings (SSSR count). The second-order valence-corrected chi connectivity index (χ2v) is 7.47. The molecule has 31 heavy (non-hydrogen) atoms. The van der Waals surface area contributed by atoms with Crippen LogP contribution in [0.15, 0.2) is 53.5 Å². The molecule has 1 N–H and O–H groups in total. The number of para-hydroxylation sites is 1. The van der Waals surface area contributed by atoms with Crippen LogP contribution in [0.5, 0.6) is 11.6 Å². The zero-order valence-electron chi connectivity index (χ0n) is 17.3. The first kappa shape index (κ1) is 21.0. The summed E-state index contributed by atoms with van der Waals surface area (Å²) in [7, 11) is 1.60. The quantitative estimate of drug-likeness (QED) is 0.520. The largest absolute Gasteiger partial charge is 0.496 e. The Morgan fingerprint density at radius 3 is 2.45 bits per heavy atom. The normalized spacial score (nSPS) is 13.3. The summed E-state index contributed by atoms with van der Waals surface area (Å²) in [5.41, 5.74) is 3.46. The van der Waals surface area contributed by atoms with E-state index in [2.05, 4.69) is 11.9 Å². The van der Waals surface area contributed by atoms with Crippen molar-refractivity contribution in [2.45, 2.75) is 39.0 Å². The maximum atomic E-state index is 12.9. The molecule has 4 nitrogen and oxygen atoms in total. The van der Waals surface area contributed by atoms with Gasteiger partial charge in [-0.2, -0.15) is 13.2 Å². The molecule has 1 aliphatic heterocycles. The molecular weight excluding hydrogens is 405 g/mol. The molecule has 0 saturated carbocycles. The number of hydrogen-bond acceptors (Lipinski definition) is 3. The first-order valence-electron chi connectivity index (χ1n) is 10.2. The van der Waals surface area contributed by atoms with Crippen molar-refractivity contribution in [3.05, 3.63) is 70.8 Å². The molecular formula is C24H23F3N2O2. The Hall–Kier alpha value is -3.22. The molecule has 0 unspecified atom stereocenters. The summed E-state index contributed by atoms with van der Waals surface area (Å²) in [6.45, 7) is 3.03. The maximum absolute atomic E-state index is 12.9. The highest BCUT2D eigenvalue weighted by atomic mass is 19.4. The number of halogens is 3. The van der Waals surface area contributed by atoms with Gasteiger partial charge in [-0.3, -0.25) is 4.99 Å². The van der Waals surface area contributed by atoms with E-state index in [0.29, 0.717) is 35.7 Å². The molecule has 0 spiro atoms. The molecule has 0 saturated heterocycles. The van der Waals surface area contributed by atoms with Gasteiger partial charge in [0.15, 0.2) is 0 Å². The van der Waals surface area contributed by atoms with E-state index in [1.165, 1.54) is 12.1 Å². The van der Waals surface area contributed by atoms with E-state index in [1.807, 2.05) is 28.8 Å². The third kappa shape index (κ3) is 3.69. The Morgan fingerprint density at radius 2 is 1.81 bits per heavy atom. The molecule has 0 radical (unpaired) electrons. The lowest BCUT2D eigenvalue weighted by atomic mass is 9.99. The number of hydrogen-bond donors (Lipinski definition) is 1. The number of aliphatic imine (C=N–C) groups is 1. The smallest absolute Gasteiger partial charge is 0.416 e. The minimum Gasteiger partial charge on any atom is -0.496 e. The van der Waals surface area contributed by atoms with Crippen molar-refractivity contribution in [2.24, 2.45) is 4.99 Å². The minimum atomic E-state index is -4.40. The molecule has 0 aliphatic carbocycles. The maximum Gasteiger partial charge on any atom is 0.416 e. The average Bonchev–Trinajstić information content (AvgIpc) is 3.30. The summed E-state index contributed by atoms with van der Waals surface area (Å²) in [5, 5.41) is 11.2. The van der Waals surface area contributed by atoms with E-state index in [1.54, 1.807) is 7.11 Å². The number of ether oxygens (including phenoxy) is 1. The molecule has 2 aromatic carbocycles. The van der Waals surface area contributed by atoms with Crippen molar-refractivity contribution in [2.75, 3.05) is 7.11 Å². The number of methoxy groups -OCH3 is 1. The fourth-order valence-corrected chi connectivity index (χ4v) is 4.03. The van der Waals surface area contributed by atoms with Crippen molar-refractivity contribution in [1.82, 2.24) is 4.57 Å². The van der Waals surface area contributed by atoms with E-state index in [4.69, 9.17) is 4.74 Å². The van der Waals surface area contributed by atoms with E-state index in [9.17, 15) is 18.3 Å². The predicted octanol–water partition coefficient (Wildman–Crippen LogP) is 6.04. The Kier molecular flexibility index (Phi) is 5.52. The third-order valence-corrected chi connectivity index (χ3v) is 5.55. The summed E-state index contributed by atoms with van der Waals surface area (Å²) >= 11 is 0. The van der Waals surface area contributed by atoms with Crippen LogP contribution in [0, 0.1) is 0 Å². The fraction of sp³-hybridized carbons (Fsp3) is 0.292. The van der Waals surface area contributed by atoms with E-state index in [-0.39, 0.29) is 5.88 Å². The van der Waals surface area contributed by atoms with Crippen LogP contribution in [0.4, 0.5) is 13.2 Å². The van der Waals surface area contributed by atoms with Crippen molar-refractivity contribution in [1.29, 1.82) is 0 Å². The average molecular weight is 428 g/mol. The van der Waals surface area contributed by atoms with Crippen LogP contribution in [-0.2, 0) is 19.3 Å². The number of aromatic hydroxyl groups is 1. The number of rotatable bonds is 6. The Balaban J connectivity index is 1.84. The lowest BCUT2D eigenvalue weighted by Crippen LogP contribution is -2.07. The highest BCUT2D eigenvalue weighted by Gasteiger charge is 2.33. The molecule has 0 bridgehead atoms. The zero-order valence-corrected chi connectivity index (χ0v) is 17.3. The number of benzene rings is 2. The van der Waals surface area contributed by atoms with Gasteiger partial charge in [0.05, 0.1) is 36.2 Å². The van der Waals surface area contributed by atoms with Crippen LogP contribution in [0.3, 0.4) is 0 Å². The van der Waals surface area contributed by atoms with Gasteiger partial charge in [0.1, 0.15) is 5.75 Å². The molecule has 0 atom stereocenters. The van der Waals surface area contributed by atoms with Crippen LogP contribution in [0.25, 0.3) is 11.3 Å². The van der Waals surface area contributed by atoms with Gasteiger partial charge in [-0.15, -0.1) is 0 Å². The number of nitrogens with zero attached hydrogens (tertiary/aromatic N) is 2. The second-order valence-electron chi connectivity index (χ2n) is 7.47. The third-order valence-electron chi connectivity index (χ3n) is 5.55. The molecule has 1 aliphatic rings. The summed E-state index contributed by atoms with van der Waals surface area (Å²) in [6, 6.07) is 12.5. The first-order valence-corrected chi connectivity index (χ1v) is 10.2. The van der Waals surface area contributed by atoms with Gasteiger partial charge >= 0.3 is 6.18 Å². The second kappa shape index (κ2) is 8.13. The fourth-order valence-electron chi connectivity index (χ4n) is 4.03. The molecule has 0 amide bonds. The monoisotopic (exact) mass is 428 g/mol. The molecule has 162 valence electrons. The van der Waals surface area contributed by atoms with Gasteiger partial charge < -0.3 is 14.4 Å². The Labute approximate surface area is 178 Å². The van der Waals surface area contributed by atoms with Crippen LogP contribution in [0.1, 0.15) is 42.0 Å². The standard InChI is InChI=1S/C24H23F3N2O2/c1-3-4-13-29-22(17-7-5-6-8-19(17)31-2)18-14-28-21(20(18)23(29)30)15-9-11-16(12-10-15)24(25,26)27/h5-12,30H,3-4,13-14H2,1-2H3. The molecule has 0 fully saturated rings. The SMILES string of the molecule is CCCCn1c(O)c2c(c1-c1ccccc1OC)CN=C2c1ccc(C(F)(F)F)cc1. The highest BCUT2D eigenvalue weighted by Crippen LogP contribution is 2.44. The lowest BCUT2D eigenvalue weighted by molar-refractivity contribution is -0.137. The summed E-state index contributed by atoms with van der Waals surface area (Å²) < 4.78 is 46.3. The van der Waals surface area contributed by atoms with Crippen molar-refractivity contribution >= 4 is 5.71 Å². The van der Waals surface area contributed by atoms with Crippen molar-refractivity contribution in [3.8, 4) is 22.9 Å². The van der Waals surface area contributed by atoms with Crippen LogP contribution in [-0.4, -0.2) is 22.5 Å². The molecule has 1 aromatic heterocycles. The van der Waals surface area contributed by atoms with Crippen LogP contribution >= 0.6 is 0 Å². The predicted molar refractivity (Wildman–Crippen MR) is 114 cm³/mol. The topological polar surface area (TPSA) is 46.8 Å². The van der Waals surface area contributed by atoms with E-state index < -0.39 is 11.7 Å². The Bertz CT molecular complexity index is 1130. The van der Waals surface area contributed by atoms with Gasteiger partial charge in [0.2, 0.25) is 5.88 Å². The number of unbranched alkanes of at least 4 members (excludes halogenated alkanes) is 1. The van der Waals surface area contributed by atoms with Gasteiger partial charge in [-0.1, -0.05) is 37.6 Å². The first-order chi connectivity index (χ1) is 14.9. The minimum absolute atomic E-state index is 0.0838. The van der Waals surface area contributed by atoms with Gasteiger partial charge in [0, 0.05) is 23.2 Å². The van der Waals surface area contributed by atoms with Gasteiger partial charge in [-0.25, -0.2) is 0 Å². The zero-order chi connectivity index (χ0) is 22.2. The number of aromatic nitrogens is 1. The van der Waals surface area contributed by atoms with Crippen molar-refractivity contribution < 1.29 is 23.0 Å². The van der Waals surface area contributed by atoms with Gasteiger partial charge in [-0.05, 0) is 30.7 Å².